The smallest absolute Gasteiger partial charge is 0.264 e. The van der Waals surface area contributed by atoms with Gasteiger partial charge < -0.3 is 9.80 Å². The summed E-state index contributed by atoms with van der Waals surface area (Å²) in [7, 11) is 0. The largest absolute Gasteiger partial charge is 0.311 e. The zero-order valence-electron chi connectivity index (χ0n) is 42.5. The second kappa shape index (κ2) is 14.0. The van der Waals surface area contributed by atoms with Crippen LogP contribution in [-0.4, -0.2) is 6.71 Å². The second-order valence-electron chi connectivity index (χ2n) is 25.4. The maximum absolute atomic E-state index is 2.75. The fourth-order valence-corrected chi connectivity index (χ4v) is 14.9. The summed E-state index contributed by atoms with van der Waals surface area (Å²) in [6, 6.07) is 43.6. The number of rotatable bonds is 3. The Morgan fingerprint density at radius 2 is 0.955 bits per heavy atom. The Morgan fingerprint density at radius 3 is 1.58 bits per heavy atom. The topological polar surface area (TPSA) is 6.48 Å². The van der Waals surface area contributed by atoms with Gasteiger partial charge in [-0.15, -0.1) is 11.3 Å². The van der Waals surface area contributed by atoms with E-state index >= 15 is 0 Å². The highest BCUT2D eigenvalue weighted by molar-refractivity contribution is 7.33. The fraction of sp³-hybridized carbons (Fsp3) is 0.397. The SMILES string of the molecule is Cc1cc2c3c(c1)N(c1ccc4c(c1)C(C)(C)CCC4(C)C)c1c(sc4cc5c(cc14)C(C)(C)CCC5(C)C)B3c1cc3c(cc1N2c1ccccc1-c1ccccc1)C(C)(C)CCC3(C)C. The van der Waals surface area contributed by atoms with Crippen LogP contribution < -0.4 is 25.5 Å². The van der Waals surface area contributed by atoms with Gasteiger partial charge in [-0.3, -0.25) is 0 Å². The zero-order valence-corrected chi connectivity index (χ0v) is 43.3. The van der Waals surface area contributed by atoms with Gasteiger partial charge in [-0.05, 0) is 182 Å². The lowest BCUT2D eigenvalue weighted by molar-refractivity contribution is 0.332. The molecule has 0 unspecified atom stereocenters. The Balaban J connectivity index is 1.23. The predicted molar refractivity (Wildman–Crippen MR) is 292 cm³/mol. The van der Waals surface area contributed by atoms with E-state index in [2.05, 4.69) is 220 Å². The summed E-state index contributed by atoms with van der Waals surface area (Å²) in [5.41, 5.74) is 24.2. The summed E-state index contributed by atoms with van der Waals surface area (Å²) >= 11 is 2.08. The molecule has 5 aliphatic rings. The summed E-state index contributed by atoms with van der Waals surface area (Å²) in [6.45, 7) is 32.2. The molecule has 6 aromatic carbocycles. The van der Waals surface area contributed by atoms with E-state index < -0.39 is 0 Å². The standard InChI is InChI=1S/C63H69BN2S/c1-38-31-52-55-53(32-38)66(50-22-18-17-21-41(50)39-19-15-14-16-20-39)51-36-47-46(61(8,9)28-29-62(47,10)11)35-49(51)64(55)57-56(42-34-45-48(37-54(42)67-57)63(12,13)30-27-60(45,6)7)65(52)40-23-24-43-44(33-40)59(4,5)26-25-58(43,2)3/h14-24,31-37H,25-30H2,1-13H3. The van der Waals surface area contributed by atoms with Gasteiger partial charge in [-0.25, -0.2) is 0 Å². The van der Waals surface area contributed by atoms with Crippen LogP contribution in [0.15, 0.2) is 109 Å². The molecule has 0 bridgehead atoms. The molecule has 7 aromatic rings. The Kier molecular flexibility index (Phi) is 9.05. The first-order chi connectivity index (χ1) is 31.6. The number of anilines is 6. The van der Waals surface area contributed by atoms with Crippen LogP contribution in [0.2, 0.25) is 0 Å². The van der Waals surface area contributed by atoms with E-state index in [1.54, 1.807) is 5.56 Å². The van der Waals surface area contributed by atoms with Crippen LogP contribution in [0.3, 0.4) is 0 Å². The molecule has 0 saturated carbocycles. The molecule has 67 heavy (non-hydrogen) atoms. The maximum atomic E-state index is 2.75. The van der Waals surface area contributed by atoms with Crippen LogP contribution in [-0.2, 0) is 32.5 Å². The quantitative estimate of drug-likeness (QED) is 0.163. The molecule has 340 valence electrons. The van der Waals surface area contributed by atoms with Crippen LogP contribution in [0.5, 0.6) is 0 Å². The molecule has 0 saturated heterocycles. The van der Waals surface area contributed by atoms with Crippen LogP contribution >= 0.6 is 11.3 Å². The number of thiophene rings is 1. The average Bonchev–Trinajstić information content (AvgIpc) is 3.66. The van der Waals surface area contributed by atoms with Crippen molar-refractivity contribution in [3.8, 4) is 11.1 Å². The van der Waals surface area contributed by atoms with Gasteiger partial charge in [0.1, 0.15) is 0 Å². The van der Waals surface area contributed by atoms with Gasteiger partial charge in [0, 0.05) is 43.2 Å². The Morgan fingerprint density at radius 1 is 0.448 bits per heavy atom. The van der Waals surface area contributed by atoms with Crippen molar-refractivity contribution in [3.05, 3.63) is 148 Å². The summed E-state index contributed by atoms with van der Waals surface area (Å²) in [6.07, 6.45) is 7.16. The third-order valence-corrected chi connectivity index (χ3v) is 19.3. The minimum absolute atomic E-state index is 0.0577. The van der Waals surface area contributed by atoms with Gasteiger partial charge in [0.05, 0.1) is 11.4 Å². The highest BCUT2D eigenvalue weighted by atomic mass is 32.1. The van der Waals surface area contributed by atoms with E-state index in [9.17, 15) is 0 Å². The van der Waals surface area contributed by atoms with Crippen molar-refractivity contribution in [2.24, 2.45) is 0 Å². The molecule has 0 atom stereocenters. The Bertz CT molecular complexity index is 3230. The van der Waals surface area contributed by atoms with E-state index in [1.807, 2.05) is 0 Å². The molecule has 0 amide bonds. The monoisotopic (exact) mass is 897 g/mol. The lowest BCUT2D eigenvalue weighted by Crippen LogP contribution is -2.61. The van der Waals surface area contributed by atoms with Gasteiger partial charge >= 0.3 is 0 Å². The number of fused-ring (bicyclic) bond motifs is 9. The Hall–Kier alpha value is -5.06. The molecule has 0 spiro atoms. The molecule has 0 N–H and O–H groups in total. The lowest BCUT2D eigenvalue weighted by Gasteiger charge is -2.47. The first-order valence-corrected chi connectivity index (χ1v) is 26.2. The molecule has 12 rings (SSSR count). The van der Waals surface area contributed by atoms with Crippen molar-refractivity contribution < 1.29 is 0 Å². The maximum Gasteiger partial charge on any atom is 0.264 e. The summed E-state index contributed by atoms with van der Waals surface area (Å²) in [4.78, 5) is 5.44. The zero-order chi connectivity index (χ0) is 47.0. The van der Waals surface area contributed by atoms with Gasteiger partial charge in [0.2, 0.25) is 0 Å². The first kappa shape index (κ1) is 43.2. The normalized spacial score (nSPS) is 20.6. The number of nitrogens with zero attached hydrogens (tertiary/aromatic N) is 2. The van der Waals surface area contributed by atoms with Crippen molar-refractivity contribution in [2.45, 2.75) is 161 Å². The molecule has 3 aliphatic carbocycles. The van der Waals surface area contributed by atoms with Gasteiger partial charge in [0.25, 0.3) is 6.71 Å². The van der Waals surface area contributed by atoms with E-state index in [1.165, 1.54) is 143 Å². The van der Waals surface area contributed by atoms with E-state index in [-0.39, 0.29) is 39.2 Å². The summed E-state index contributed by atoms with van der Waals surface area (Å²) < 4.78 is 2.90. The molecule has 0 radical (unpaired) electrons. The van der Waals surface area contributed by atoms with Gasteiger partial charge in [-0.1, -0.05) is 144 Å². The van der Waals surface area contributed by atoms with Crippen molar-refractivity contribution >= 4 is 78.0 Å². The van der Waals surface area contributed by atoms with Crippen molar-refractivity contribution in [1.82, 2.24) is 0 Å². The summed E-state index contributed by atoms with van der Waals surface area (Å²) in [5, 5.41) is 1.41. The number of hydrogen-bond acceptors (Lipinski definition) is 3. The molecule has 1 aromatic heterocycles. The lowest BCUT2D eigenvalue weighted by atomic mass is 9.35. The third kappa shape index (κ3) is 6.26. The van der Waals surface area contributed by atoms with Crippen LogP contribution in [0.1, 0.15) is 161 Å². The summed E-state index contributed by atoms with van der Waals surface area (Å²) in [5.74, 6) is 0. The predicted octanol–water partition coefficient (Wildman–Crippen LogP) is 16.0. The second-order valence-corrected chi connectivity index (χ2v) is 26.5. The Labute approximate surface area is 405 Å². The highest BCUT2D eigenvalue weighted by Crippen LogP contribution is 2.56. The molecule has 3 heterocycles. The first-order valence-electron chi connectivity index (χ1n) is 25.4. The minimum atomic E-state index is 0.0577. The van der Waals surface area contributed by atoms with Gasteiger partial charge in [0.15, 0.2) is 0 Å². The molecule has 2 aliphatic heterocycles. The number of aryl methyl sites for hydroxylation is 1. The van der Waals surface area contributed by atoms with Crippen molar-refractivity contribution in [1.29, 1.82) is 0 Å². The van der Waals surface area contributed by atoms with Crippen LogP contribution in [0.25, 0.3) is 21.2 Å². The minimum Gasteiger partial charge on any atom is -0.311 e. The number of hydrogen-bond donors (Lipinski definition) is 0. The highest BCUT2D eigenvalue weighted by Gasteiger charge is 2.49. The van der Waals surface area contributed by atoms with Crippen molar-refractivity contribution in [2.75, 3.05) is 9.80 Å². The number of benzene rings is 6. The average molecular weight is 897 g/mol. The van der Waals surface area contributed by atoms with Gasteiger partial charge in [-0.2, -0.15) is 0 Å². The number of para-hydroxylation sites is 1. The fourth-order valence-electron chi connectivity index (χ4n) is 13.5. The molecular formula is C63H69BN2S. The van der Waals surface area contributed by atoms with E-state index in [0.29, 0.717) is 0 Å². The third-order valence-electron chi connectivity index (χ3n) is 18.1. The molecule has 2 nitrogen and oxygen atoms in total. The molecule has 0 fully saturated rings. The van der Waals surface area contributed by atoms with Crippen LogP contribution in [0, 0.1) is 6.92 Å². The molecular weight excluding hydrogens is 828 g/mol. The van der Waals surface area contributed by atoms with Crippen LogP contribution in [0.4, 0.5) is 34.1 Å². The molecule has 4 heteroatoms. The van der Waals surface area contributed by atoms with Crippen molar-refractivity contribution in [3.63, 3.8) is 0 Å². The van der Waals surface area contributed by atoms with E-state index in [0.717, 1.165) is 0 Å². The van der Waals surface area contributed by atoms with E-state index in [4.69, 9.17) is 0 Å².